The molecule has 2 N–H and O–H groups in total. The average molecular weight is 460 g/mol. The lowest BCUT2D eigenvalue weighted by atomic mass is 9.67. The van der Waals surface area contributed by atoms with Crippen LogP contribution in [0.3, 0.4) is 0 Å². The Morgan fingerprint density at radius 3 is 1.75 bits per heavy atom. The number of anilines is 1. The molecule has 170 valence electrons. The summed E-state index contributed by atoms with van der Waals surface area (Å²) < 4.78 is 0. The molecule has 0 spiro atoms. The van der Waals surface area contributed by atoms with Gasteiger partial charge in [0.25, 0.3) is 0 Å². The van der Waals surface area contributed by atoms with E-state index in [1.807, 2.05) is 0 Å². The van der Waals surface area contributed by atoms with Crippen molar-refractivity contribution in [1.82, 2.24) is 0 Å². The molecule has 0 aromatic heterocycles. The number of fused-ring (bicyclic) bond motifs is 4. The summed E-state index contributed by atoms with van der Waals surface area (Å²) in [5.41, 5.74) is 17.1. The van der Waals surface area contributed by atoms with E-state index >= 15 is 0 Å². The van der Waals surface area contributed by atoms with Crippen LogP contribution in [-0.2, 0) is 5.41 Å². The van der Waals surface area contributed by atoms with Gasteiger partial charge in [-0.3, -0.25) is 0 Å². The van der Waals surface area contributed by atoms with Crippen LogP contribution < -0.4 is 5.73 Å². The summed E-state index contributed by atoms with van der Waals surface area (Å²) in [7, 11) is 0. The number of benzene rings is 6. The largest absolute Gasteiger partial charge is 0.398 e. The number of nitrogen functional groups attached to an aromatic ring is 1. The van der Waals surface area contributed by atoms with Gasteiger partial charge in [0.1, 0.15) is 0 Å². The Labute approximate surface area is 211 Å². The smallest absolute Gasteiger partial charge is 0.0714 e. The van der Waals surface area contributed by atoms with E-state index in [-0.39, 0.29) is 0 Å². The molecular weight excluding hydrogens is 434 g/mol. The van der Waals surface area contributed by atoms with Gasteiger partial charge in [0.05, 0.1) is 5.41 Å². The molecule has 0 bridgehead atoms. The van der Waals surface area contributed by atoms with Crippen LogP contribution in [0.4, 0.5) is 5.69 Å². The van der Waals surface area contributed by atoms with Crippen LogP contribution in [0, 0.1) is 0 Å². The zero-order valence-corrected chi connectivity index (χ0v) is 19.9. The Morgan fingerprint density at radius 2 is 1.00 bits per heavy atom. The SMILES string of the molecule is Nc1cc2c(cc1-c1cccc3ccccc13)-c1ccccc1C2(c1ccccc1)c1ccccc1. The second kappa shape index (κ2) is 7.96. The minimum atomic E-state index is -0.431. The molecule has 0 fully saturated rings. The van der Waals surface area contributed by atoms with Crippen molar-refractivity contribution in [3.05, 3.63) is 162 Å². The van der Waals surface area contributed by atoms with E-state index in [0.29, 0.717) is 0 Å². The summed E-state index contributed by atoms with van der Waals surface area (Å²) in [5, 5.41) is 2.44. The van der Waals surface area contributed by atoms with Gasteiger partial charge in [0, 0.05) is 11.3 Å². The second-order valence-electron chi connectivity index (χ2n) is 9.54. The van der Waals surface area contributed by atoms with Gasteiger partial charge in [-0.2, -0.15) is 0 Å². The first-order valence-corrected chi connectivity index (χ1v) is 12.4. The lowest BCUT2D eigenvalue weighted by Gasteiger charge is -2.34. The molecule has 7 rings (SSSR count). The summed E-state index contributed by atoms with van der Waals surface area (Å²) in [4.78, 5) is 0. The Kier molecular flexibility index (Phi) is 4.59. The first-order chi connectivity index (χ1) is 17.8. The lowest BCUT2D eigenvalue weighted by molar-refractivity contribution is 0.769. The lowest BCUT2D eigenvalue weighted by Crippen LogP contribution is -2.28. The van der Waals surface area contributed by atoms with Crippen molar-refractivity contribution in [2.45, 2.75) is 5.41 Å². The Morgan fingerprint density at radius 1 is 0.417 bits per heavy atom. The molecule has 1 aliphatic carbocycles. The summed E-state index contributed by atoms with van der Waals surface area (Å²) in [6.07, 6.45) is 0. The van der Waals surface area contributed by atoms with Crippen LogP contribution in [0.2, 0.25) is 0 Å². The molecule has 0 aliphatic heterocycles. The second-order valence-corrected chi connectivity index (χ2v) is 9.54. The van der Waals surface area contributed by atoms with Crippen molar-refractivity contribution in [2.75, 3.05) is 5.73 Å². The van der Waals surface area contributed by atoms with Crippen LogP contribution in [0.15, 0.2) is 140 Å². The molecule has 6 aromatic rings. The monoisotopic (exact) mass is 459 g/mol. The van der Waals surface area contributed by atoms with Gasteiger partial charge in [-0.05, 0) is 61.8 Å². The van der Waals surface area contributed by atoms with Gasteiger partial charge >= 0.3 is 0 Å². The molecule has 6 aromatic carbocycles. The van der Waals surface area contributed by atoms with Crippen molar-refractivity contribution in [3.63, 3.8) is 0 Å². The summed E-state index contributed by atoms with van der Waals surface area (Å²) in [6.45, 7) is 0. The van der Waals surface area contributed by atoms with Gasteiger partial charge < -0.3 is 5.73 Å². The fourth-order valence-corrected chi connectivity index (χ4v) is 6.20. The normalized spacial score (nSPS) is 13.3. The van der Waals surface area contributed by atoms with E-state index in [9.17, 15) is 0 Å². The third-order valence-electron chi connectivity index (χ3n) is 7.71. The van der Waals surface area contributed by atoms with Crippen molar-refractivity contribution in [2.24, 2.45) is 0 Å². The summed E-state index contributed by atoms with van der Waals surface area (Å²) in [6, 6.07) is 50.0. The van der Waals surface area contributed by atoms with Crippen LogP contribution in [0.25, 0.3) is 33.0 Å². The Bertz CT molecular complexity index is 1690. The first-order valence-electron chi connectivity index (χ1n) is 12.4. The minimum absolute atomic E-state index is 0.431. The fourth-order valence-electron chi connectivity index (χ4n) is 6.20. The molecule has 0 heterocycles. The molecule has 36 heavy (non-hydrogen) atoms. The van der Waals surface area contributed by atoms with Crippen molar-refractivity contribution >= 4 is 16.5 Å². The highest BCUT2D eigenvalue weighted by molar-refractivity contribution is 6.01. The average Bonchev–Trinajstić information content (AvgIpc) is 3.23. The Balaban J connectivity index is 1.59. The van der Waals surface area contributed by atoms with Crippen molar-refractivity contribution in [1.29, 1.82) is 0 Å². The highest BCUT2D eigenvalue weighted by Gasteiger charge is 2.46. The van der Waals surface area contributed by atoms with Crippen LogP contribution >= 0.6 is 0 Å². The number of hydrogen-bond donors (Lipinski definition) is 1. The van der Waals surface area contributed by atoms with Gasteiger partial charge in [-0.25, -0.2) is 0 Å². The predicted molar refractivity (Wildman–Crippen MR) is 151 cm³/mol. The molecule has 0 unspecified atom stereocenters. The molecule has 0 amide bonds. The number of hydrogen-bond acceptors (Lipinski definition) is 1. The van der Waals surface area contributed by atoms with E-state index in [1.54, 1.807) is 0 Å². The standard InChI is InChI=1S/C35H25N/c36-34-23-33-30(22-31(34)28-20-11-13-24-12-7-8-18-27(24)28)29-19-9-10-21-32(29)35(33,25-14-3-1-4-15-25)26-16-5-2-6-17-26/h1-23H,36H2. The van der Waals surface area contributed by atoms with Crippen molar-refractivity contribution in [3.8, 4) is 22.3 Å². The summed E-state index contributed by atoms with van der Waals surface area (Å²) >= 11 is 0. The molecule has 1 nitrogen and oxygen atoms in total. The predicted octanol–water partition coefficient (Wildman–Crippen LogP) is 8.45. The molecule has 0 saturated carbocycles. The molecule has 0 saturated heterocycles. The van der Waals surface area contributed by atoms with E-state index in [1.165, 1.54) is 49.7 Å². The molecular formula is C35H25N. The zero-order valence-electron chi connectivity index (χ0n) is 19.9. The number of rotatable bonds is 3. The van der Waals surface area contributed by atoms with Crippen molar-refractivity contribution < 1.29 is 0 Å². The van der Waals surface area contributed by atoms with Gasteiger partial charge in [-0.1, -0.05) is 127 Å². The van der Waals surface area contributed by atoms with Gasteiger partial charge in [0.2, 0.25) is 0 Å². The Hall–Kier alpha value is -4.62. The van der Waals surface area contributed by atoms with Gasteiger partial charge in [0.15, 0.2) is 0 Å². The molecule has 0 atom stereocenters. The molecule has 0 radical (unpaired) electrons. The maximum Gasteiger partial charge on any atom is 0.0714 e. The third kappa shape index (κ3) is 2.83. The third-order valence-corrected chi connectivity index (χ3v) is 7.71. The summed E-state index contributed by atoms with van der Waals surface area (Å²) in [5.74, 6) is 0. The van der Waals surface area contributed by atoms with E-state index in [4.69, 9.17) is 5.73 Å². The molecule has 1 heteroatoms. The van der Waals surface area contributed by atoms with Gasteiger partial charge in [-0.15, -0.1) is 0 Å². The number of nitrogens with two attached hydrogens (primary N) is 1. The zero-order chi connectivity index (χ0) is 24.1. The quantitative estimate of drug-likeness (QED) is 0.264. The maximum absolute atomic E-state index is 6.93. The van der Waals surface area contributed by atoms with E-state index in [0.717, 1.165) is 11.3 Å². The van der Waals surface area contributed by atoms with Crippen LogP contribution in [0.5, 0.6) is 0 Å². The highest BCUT2D eigenvalue weighted by atomic mass is 14.6. The van der Waals surface area contributed by atoms with Crippen LogP contribution in [-0.4, -0.2) is 0 Å². The maximum atomic E-state index is 6.93. The van der Waals surface area contributed by atoms with E-state index < -0.39 is 5.41 Å². The minimum Gasteiger partial charge on any atom is -0.398 e. The molecule has 1 aliphatic rings. The van der Waals surface area contributed by atoms with E-state index in [2.05, 4.69) is 140 Å². The van der Waals surface area contributed by atoms with Crippen LogP contribution in [0.1, 0.15) is 22.3 Å². The fraction of sp³-hybridized carbons (Fsp3) is 0.0286. The first kappa shape index (κ1) is 20.7. The highest BCUT2D eigenvalue weighted by Crippen LogP contribution is 2.57. The topological polar surface area (TPSA) is 26.0 Å².